The molecule has 2 fully saturated rings. The van der Waals surface area contributed by atoms with Crippen LogP contribution in [0.15, 0.2) is 61.2 Å². The van der Waals surface area contributed by atoms with Gasteiger partial charge in [-0.3, -0.25) is 9.78 Å². The Bertz CT molecular complexity index is 1860. The third-order valence-corrected chi connectivity index (χ3v) is 17.6. The number of amides is 2. The lowest BCUT2D eigenvalue weighted by atomic mass is 9.99. The maximum absolute atomic E-state index is 13.0. The van der Waals surface area contributed by atoms with Gasteiger partial charge in [0.25, 0.3) is 0 Å². The topological polar surface area (TPSA) is 89.8 Å². The van der Waals surface area contributed by atoms with Gasteiger partial charge >= 0.3 is 6.09 Å². The van der Waals surface area contributed by atoms with Crippen LogP contribution in [0.4, 0.5) is 10.5 Å². The molecule has 9 nitrogen and oxygen atoms in total. The van der Waals surface area contributed by atoms with Crippen molar-refractivity contribution in [2.24, 2.45) is 0 Å². The fourth-order valence-electron chi connectivity index (χ4n) is 8.80. The summed E-state index contributed by atoms with van der Waals surface area (Å²) in [7, 11) is -2.11. The molecule has 6 rings (SSSR count). The van der Waals surface area contributed by atoms with E-state index in [4.69, 9.17) is 19.4 Å². The number of benzene rings is 1. The minimum atomic E-state index is -2.11. The molecule has 4 aromatic rings. The largest absolute Gasteiger partial charge is 0.486 e. The number of carbonyl (C=O) groups excluding carboxylic acids is 2. The molecule has 3 aromatic heterocycles. The average molecular weight is 710 g/mol. The maximum Gasteiger partial charge on any atom is 0.410 e. The van der Waals surface area contributed by atoms with Crippen LogP contribution in [0.5, 0.6) is 5.75 Å². The molecule has 10 heteroatoms. The summed E-state index contributed by atoms with van der Waals surface area (Å²) in [5.41, 5.74) is 6.74. The van der Waals surface area contributed by atoms with Gasteiger partial charge < -0.3 is 23.5 Å². The number of nitrogens with zero attached hydrogens (tertiary/aromatic N) is 5. The Kier molecular flexibility index (Phi) is 10.4. The van der Waals surface area contributed by atoms with E-state index in [2.05, 4.69) is 76.2 Å². The standard InChI is InChI=1S/C41H55N5O4Si/c1-27(2)51(28(3)4,29(5)6)46-21-18-35-38(32-22-31(23-42-24-32)30-14-16-33(17-15-30)45-20-11-13-37(45)47)36(25-43-39(35)46)49-34-12-10-19-44(26-34)40(48)50-41(7,8)9/h14-18,21-25,27-29,34H,10-13,19-20,26H2,1-9H3. The second-order valence-electron chi connectivity index (χ2n) is 16.2. The van der Waals surface area contributed by atoms with Crippen molar-refractivity contribution in [3.63, 3.8) is 0 Å². The normalized spacial score (nSPS) is 17.3. The van der Waals surface area contributed by atoms with Crippen LogP contribution in [-0.4, -0.2) is 70.7 Å². The number of fused-ring (bicyclic) bond motifs is 1. The molecule has 272 valence electrons. The van der Waals surface area contributed by atoms with Crippen LogP contribution in [0.1, 0.15) is 88.0 Å². The van der Waals surface area contributed by atoms with E-state index in [1.54, 1.807) is 4.90 Å². The highest BCUT2D eigenvalue weighted by molar-refractivity contribution is 6.82. The lowest BCUT2D eigenvalue weighted by Gasteiger charge is -2.44. The summed E-state index contributed by atoms with van der Waals surface area (Å²) in [6, 6.07) is 12.6. The van der Waals surface area contributed by atoms with Gasteiger partial charge in [0.2, 0.25) is 5.91 Å². The Hall–Kier alpha value is -4.18. The average Bonchev–Trinajstić information content (AvgIpc) is 3.70. The lowest BCUT2D eigenvalue weighted by Crippen LogP contribution is -2.51. The van der Waals surface area contributed by atoms with Crippen molar-refractivity contribution < 1.29 is 19.1 Å². The molecule has 2 aliphatic heterocycles. The first-order valence-electron chi connectivity index (χ1n) is 18.7. The van der Waals surface area contributed by atoms with E-state index in [1.165, 1.54) is 0 Å². The predicted octanol–water partition coefficient (Wildman–Crippen LogP) is 9.69. The summed E-state index contributed by atoms with van der Waals surface area (Å²) >= 11 is 0. The first-order valence-corrected chi connectivity index (χ1v) is 20.9. The van der Waals surface area contributed by atoms with Gasteiger partial charge in [-0.25, -0.2) is 9.78 Å². The van der Waals surface area contributed by atoms with Crippen molar-refractivity contribution in [1.29, 1.82) is 0 Å². The zero-order chi connectivity index (χ0) is 36.7. The number of pyridine rings is 2. The Morgan fingerprint density at radius 1 is 0.882 bits per heavy atom. The predicted molar refractivity (Wildman–Crippen MR) is 208 cm³/mol. The molecule has 0 spiro atoms. The van der Waals surface area contributed by atoms with Crippen LogP contribution in [0, 0.1) is 0 Å². The summed E-state index contributed by atoms with van der Waals surface area (Å²) in [6.07, 6.45) is 10.6. The molecule has 0 radical (unpaired) electrons. The van der Waals surface area contributed by atoms with Gasteiger partial charge in [-0.1, -0.05) is 53.7 Å². The van der Waals surface area contributed by atoms with Crippen LogP contribution in [0.2, 0.25) is 16.6 Å². The molecule has 0 N–H and O–H groups in total. The van der Waals surface area contributed by atoms with Gasteiger partial charge in [-0.2, -0.15) is 0 Å². The van der Waals surface area contributed by atoms with Crippen LogP contribution in [-0.2, 0) is 9.53 Å². The van der Waals surface area contributed by atoms with Crippen molar-refractivity contribution in [2.75, 3.05) is 24.5 Å². The number of anilines is 1. The van der Waals surface area contributed by atoms with Crippen molar-refractivity contribution in [3.05, 3.63) is 61.2 Å². The van der Waals surface area contributed by atoms with E-state index in [-0.39, 0.29) is 18.1 Å². The van der Waals surface area contributed by atoms with Crippen molar-refractivity contribution in [3.8, 4) is 28.0 Å². The molecular formula is C41H55N5O4Si. The Balaban J connectivity index is 1.43. The third kappa shape index (κ3) is 7.16. The summed E-state index contributed by atoms with van der Waals surface area (Å²) in [6.45, 7) is 21.7. The number of piperidine rings is 1. The van der Waals surface area contributed by atoms with Crippen LogP contribution in [0.3, 0.4) is 0 Å². The number of hydrogen-bond donors (Lipinski definition) is 0. The Labute approximate surface area is 304 Å². The monoisotopic (exact) mass is 709 g/mol. The maximum atomic E-state index is 13.0. The van der Waals surface area contributed by atoms with Crippen molar-refractivity contribution in [1.82, 2.24) is 19.1 Å². The second-order valence-corrected chi connectivity index (χ2v) is 22.0. The van der Waals surface area contributed by atoms with E-state index >= 15 is 0 Å². The minimum absolute atomic E-state index is 0.180. The Morgan fingerprint density at radius 3 is 2.20 bits per heavy atom. The molecule has 0 bridgehead atoms. The molecular weight excluding hydrogens is 655 g/mol. The van der Waals surface area contributed by atoms with Gasteiger partial charge in [-0.05, 0) is 92.7 Å². The van der Waals surface area contributed by atoms with Crippen LogP contribution >= 0.6 is 0 Å². The number of rotatable bonds is 9. The molecule has 2 saturated heterocycles. The molecule has 1 aromatic carbocycles. The minimum Gasteiger partial charge on any atom is -0.486 e. The number of likely N-dealkylation sites (tertiary alicyclic amines) is 1. The Morgan fingerprint density at radius 2 is 1.57 bits per heavy atom. The quantitative estimate of drug-likeness (QED) is 0.161. The summed E-state index contributed by atoms with van der Waals surface area (Å²) in [4.78, 5) is 38.9. The molecule has 1 atom stereocenters. The highest BCUT2D eigenvalue weighted by atomic mass is 28.3. The van der Waals surface area contributed by atoms with Gasteiger partial charge in [-0.15, -0.1) is 0 Å². The van der Waals surface area contributed by atoms with Gasteiger partial charge in [0, 0.05) is 59.7 Å². The molecule has 0 aliphatic carbocycles. The summed E-state index contributed by atoms with van der Waals surface area (Å²) < 4.78 is 15.1. The molecule has 5 heterocycles. The number of ether oxygens (including phenoxy) is 2. The van der Waals surface area contributed by atoms with Crippen molar-refractivity contribution in [2.45, 2.75) is 116 Å². The zero-order valence-electron chi connectivity index (χ0n) is 31.9. The molecule has 0 saturated carbocycles. The van der Waals surface area contributed by atoms with E-state index in [0.29, 0.717) is 41.9 Å². The summed E-state index contributed by atoms with van der Waals surface area (Å²) in [5.74, 6) is 0.864. The number of aromatic nitrogens is 3. The van der Waals surface area contributed by atoms with Gasteiger partial charge in [0.1, 0.15) is 23.1 Å². The number of carbonyl (C=O) groups is 2. The van der Waals surface area contributed by atoms with E-state index < -0.39 is 13.8 Å². The van der Waals surface area contributed by atoms with Gasteiger partial charge in [0.15, 0.2) is 8.24 Å². The van der Waals surface area contributed by atoms with E-state index in [9.17, 15) is 9.59 Å². The molecule has 2 aliphatic rings. The van der Waals surface area contributed by atoms with Crippen molar-refractivity contribution >= 4 is 37.0 Å². The number of hydrogen-bond acceptors (Lipinski definition) is 6. The van der Waals surface area contributed by atoms with Crippen LogP contribution < -0.4 is 9.64 Å². The highest BCUT2D eigenvalue weighted by Crippen LogP contribution is 2.46. The first kappa shape index (κ1) is 36.6. The molecule has 2 amide bonds. The summed E-state index contributed by atoms with van der Waals surface area (Å²) in [5, 5.41) is 1.04. The fourth-order valence-corrected chi connectivity index (χ4v) is 15.3. The van der Waals surface area contributed by atoms with Crippen LogP contribution in [0.25, 0.3) is 33.3 Å². The fraction of sp³-hybridized carbons (Fsp3) is 0.512. The van der Waals surface area contributed by atoms with E-state index in [0.717, 1.165) is 64.8 Å². The SMILES string of the molecule is CC(C)[Si](C(C)C)(C(C)C)n1ccc2c(-c3cncc(-c4ccc(N5CCCC5=O)cc4)c3)c(OC3CCCN(C(=O)OC(C)(C)C)C3)cnc21. The highest BCUT2D eigenvalue weighted by Gasteiger charge is 2.46. The molecule has 1 unspecified atom stereocenters. The first-order chi connectivity index (χ1) is 24.2. The lowest BCUT2D eigenvalue weighted by molar-refractivity contribution is -0.117. The third-order valence-electron chi connectivity index (χ3n) is 10.8. The van der Waals surface area contributed by atoms with E-state index in [1.807, 2.05) is 56.4 Å². The smallest absolute Gasteiger partial charge is 0.410 e. The second kappa shape index (κ2) is 14.4. The zero-order valence-corrected chi connectivity index (χ0v) is 32.9. The van der Waals surface area contributed by atoms with Gasteiger partial charge in [0.05, 0.1) is 12.7 Å². The molecule has 51 heavy (non-hydrogen) atoms.